The second-order valence-electron chi connectivity index (χ2n) is 4.84. The molecule has 0 aliphatic rings. The minimum atomic E-state index is -0.155. The molecule has 1 rings (SSSR count). The van der Waals surface area contributed by atoms with E-state index in [1.165, 1.54) is 10.6 Å². The first-order valence-electron chi connectivity index (χ1n) is 7.34. The molecule has 5 nitrogen and oxygen atoms in total. The van der Waals surface area contributed by atoms with Crippen molar-refractivity contribution in [2.75, 3.05) is 33.3 Å². The van der Waals surface area contributed by atoms with Gasteiger partial charge in [0.1, 0.15) is 0 Å². The Morgan fingerprint density at radius 1 is 1.19 bits per heavy atom. The summed E-state index contributed by atoms with van der Waals surface area (Å²) in [6.07, 6.45) is 2.68. The van der Waals surface area contributed by atoms with Crippen molar-refractivity contribution in [3.05, 3.63) is 47.8 Å². The third kappa shape index (κ3) is 10.8. The molecule has 0 aliphatic carbocycles. The Hall–Kier alpha value is -1.56. The molecule has 0 aliphatic heterocycles. The maximum absolute atomic E-state index is 8.62. The average Bonchev–Trinajstić information content (AvgIpc) is 2.53. The predicted octanol–water partition coefficient (Wildman–Crippen LogP) is 1.16. The van der Waals surface area contributed by atoms with E-state index >= 15 is 0 Å². The number of benzene rings is 1. The molecule has 0 saturated carbocycles. The number of hydrogen-bond donors (Lipinski definition) is 3. The molecule has 1 aromatic carbocycles. The second kappa shape index (κ2) is 12.2. The molecule has 0 fully saturated rings. The van der Waals surface area contributed by atoms with Gasteiger partial charge in [0.2, 0.25) is 0 Å². The molecular weight excluding hydrogens is 264 g/mol. The zero-order valence-electron chi connectivity index (χ0n) is 13.5. The number of hydrogen-bond acceptors (Lipinski definition) is 5. The van der Waals surface area contributed by atoms with Gasteiger partial charge in [-0.05, 0) is 25.6 Å². The Morgan fingerprint density at radius 3 is 2.24 bits per heavy atom. The van der Waals surface area contributed by atoms with Crippen molar-refractivity contribution in [2.45, 2.75) is 20.3 Å². The zero-order valence-corrected chi connectivity index (χ0v) is 13.5. The molecule has 0 saturated heterocycles. The Kier molecular flexibility index (Phi) is 11.3. The zero-order chi connectivity index (χ0) is 16.1. The molecule has 0 aromatic heterocycles. The summed E-state index contributed by atoms with van der Waals surface area (Å²) in [5.41, 5.74) is 7.17. The van der Waals surface area contributed by atoms with Crippen LogP contribution in [0.4, 0.5) is 0 Å². The average molecular weight is 294 g/mol. The highest BCUT2D eigenvalue weighted by molar-refractivity contribution is 5.13. The van der Waals surface area contributed by atoms with Gasteiger partial charge in [-0.2, -0.15) is 0 Å². The number of nitrogens with zero attached hydrogens (tertiary/aromatic N) is 2. The highest BCUT2D eigenvalue weighted by Crippen LogP contribution is 1.96. The van der Waals surface area contributed by atoms with E-state index in [0.29, 0.717) is 12.2 Å². The Bertz CT molecular complexity index is 381. The van der Waals surface area contributed by atoms with E-state index in [1.54, 1.807) is 6.20 Å². The van der Waals surface area contributed by atoms with Crippen LogP contribution in [0.15, 0.2) is 42.2 Å². The lowest BCUT2D eigenvalue weighted by molar-refractivity contribution is 0.280. The molecular formula is C16H30N4O. The van der Waals surface area contributed by atoms with Crippen LogP contribution in [0.25, 0.3) is 0 Å². The largest absolute Gasteiger partial charge is 0.399 e. The van der Waals surface area contributed by atoms with Crippen molar-refractivity contribution < 1.29 is 5.11 Å². The van der Waals surface area contributed by atoms with Crippen LogP contribution in [0, 0.1) is 0 Å². The lowest BCUT2D eigenvalue weighted by Crippen LogP contribution is -2.35. The molecule has 0 amide bonds. The van der Waals surface area contributed by atoms with E-state index in [0.717, 1.165) is 19.5 Å². The molecule has 0 bridgehead atoms. The van der Waals surface area contributed by atoms with Crippen molar-refractivity contribution in [1.29, 1.82) is 0 Å². The Labute approximate surface area is 128 Å². The third-order valence-corrected chi connectivity index (χ3v) is 3.05. The number of likely N-dealkylation sites (N-methyl/N-ethyl adjacent to an activating group) is 1. The smallest absolute Gasteiger partial charge is 0.0840 e. The number of nitrogens with two attached hydrogens (primary N) is 2. The fourth-order valence-electron chi connectivity index (χ4n) is 1.48. The van der Waals surface area contributed by atoms with E-state index in [9.17, 15) is 0 Å². The van der Waals surface area contributed by atoms with Crippen LogP contribution >= 0.6 is 0 Å². The van der Waals surface area contributed by atoms with Gasteiger partial charge >= 0.3 is 0 Å². The fraction of sp³-hybridized carbons (Fsp3) is 0.500. The van der Waals surface area contributed by atoms with Gasteiger partial charge in [0.25, 0.3) is 0 Å². The highest BCUT2D eigenvalue weighted by Gasteiger charge is 1.97. The van der Waals surface area contributed by atoms with Crippen LogP contribution in [0.3, 0.4) is 0 Å². The molecule has 0 heterocycles. The van der Waals surface area contributed by atoms with Crippen LogP contribution in [-0.4, -0.2) is 48.3 Å². The minimum Gasteiger partial charge on any atom is -0.399 e. The number of aliphatic hydroxyl groups excluding tert-OH is 1. The van der Waals surface area contributed by atoms with E-state index in [2.05, 4.69) is 43.0 Å². The van der Waals surface area contributed by atoms with Crippen LogP contribution in [0.1, 0.15) is 19.4 Å². The third-order valence-electron chi connectivity index (χ3n) is 3.05. The summed E-state index contributed by atoms with van der Waals surface area (Å²) in [6.45, 7) is 6.66. The normalized spacial score (nSPS) is 11.0. The summed E-state index contributed by atoms with van der Waals surface area (Å²) < 4.78 is 0. The number of aliphatic hydroxyl groups is 1. The van der Waals surface area contributed by atoms with Gasteiger partial charge in [-0.15, -0.1) is 0 Å². The van der Waals surface area contributed by atoms with Crippen molar-refractivity contribution in [1.82, 2.24) is 9.91 Å². The van der Waals surface area contributed by atoms with E-state index in [-0.39, 0.29) is 6.61 Å². The fourth-order valence-corrected chi connectivity index (χ4v) is 1.48. The summed E-state index contributed by atoms with van der Waals surface area (Å²) in [6, 6.07) is 10.5. The SMILES string of the molecule is CCN(C)CCN(N)/C=C(\N)CO.CCc1ccccc1. The van der Waals surface area contributed by atoms with Crippen LogP contribution in [0.2, 0.25) is 0 Å². The number of aryl methyl sites for hydroxylation is 1. The summed E-state index contributed by atoms with van der Waals surface area (Å²) in [5, 5.41) is 10.1. The van der Waals surface area contributed by atoms with Gasteiger partial charge in [0, 0.05) is 19.3 Å². The van der Waals surface area contributed by atoms with Gasteiger partial charge in [-0.1, -0.05) is 44.2 Å². The van der Waals surface area contributed by atoms with Gasteiger partial charge < -0.3 is 20.7 Å². The lowest BCUT2D eigenvalue weighted by atomic mass is 10.2. The van der Waals surface area contributed by atoms with Gasteiger partial charge in [0.15, 0.2) is 0 Å². The second-order valence-corrected chi connectivity index (χ2v) is 4.84. The first-order valence-corrected chi connectivity index (χ1v) is 7.34. The molecule has 0 atom stereocenters. The molecule has 120 valence electrons. The number of hydrazine groups is 1. The quantitative estimate of drug-likeness (QED) is 0.519. The maximum atomic E-state index is 8.62. The lowest BCUT2D eigenvalue weighted by Gasteiger charge is -2.19. The van der Waals surface area contributed by atoms with Crippen LogP contribution in [-0.2, 0) is 6.42 Å². The standard InChI is InChI=1S/C8H20N4O.C8H10/c1-3-11(2)4-5-12(10)6-8(9)7-13;1-2-8-6-4-3-5-7-8/h6,13H,3-5,7,9-10H2,1-2H3;3-7H,2H2,1H3/b8-6-;. The van der Waals surface area contributed by atoms with Crippen molar-refractivity contribution in [3.63, 3.8) is 0 Å². The van der Waals surface area contributed by atoms with E-state index in [1.807, 2.05) is 13.1 Å². The first-order chi connectivity index (χ1) is 10.0. The minimum absolute atomic E-state index is 0.155. The van der Waals surface area contributed by atoms with Crippen molar-refractivity contribution in [3.8, 4) is 0 Å². The summed E-state index contributed by atoms with van der Waals surface area (Å²) >= 11 is 0. The van der Waals surface area contributed by atoms with Crippen LogP contribution < -0.4 is 11.6 Å². The Morgan fingerprint density at radius 2 is 1.81 bits per heavy atom. The first kappa shape index (κ1) is 19.4. The molecule has 0 radical (unpaired) electrons. The molecule has 1 aromatic rings. The van der Waals surface area contributed by atoms with Gasteiger partial charge in [-0.25, -0.2) is 5.84 Å². The molecule has 21 heavy (non-hydrogen) atoms. The number of rotatable bonds is 7. The monoisotopic (exact) mass is 294 g/mol. The summed E-state index contributed by atoms with van der Waals surface area (Å²) in [5.74, 6) is 5.59. The Balaban J connectivity index is 0.000000423. The predicted molar refractivity (Wildman–Crippen MR) is 89.2 cm³/mol. The topological polar surface area (TPSA) is 78.8 Å². The van der Waals surface area contributed by atoms with E-state index < -0.39 is 0 Å². The molecule has 0 spiro atoms. The van der Waals surface area contributed by atoms with Crippen molar-refractivity contribution >= 4 is 0 Å². The van der Waals surface area contributed by atoms with Gasteiger partial charge in [0.05, 0.1) is 12.3 Å². The summed E-state index contributed by atoms with van der Waals surface area (Å²) in [4.78, 5) is 2.14. The highest BCUT2D eigenvalue weighted by atomic mass is 16.3. The van der Waals surface area contributed by atoms with Crippen molar-refractivity contribution in [2.24, 2.45) is 11.6 Å². The maximum Gasteiger partial charge on any atom is 0.0840 e. The molecule has 5 heteroatoms. The van der Waals surface area contributed by atoms with Gasteiger partial charge in [-0.3, -0.25) is 0 Å². The molecule has 5 N–H and O–H groups in total. The summed E-state index contributed by atoms with van der Waals surface area (Å²) in [7, 11) is 2.02. The molecule has 0 unspecified atom stereocenters. The van der Waals surface area contributed by atoms with Crippen LogP contribution in [0.5, 0.6) is 0 Å². The van der Waals surface area contributed by atoms with E-state index in [4.69, 9.17) is 16.7 Å².